The molecule has 0 N–H and O–H groups in total. The average molecular weight is 256 g/mol. The molecule has 18 heavy (non-hydrogen) atoms. The summed E-state index contributed by atoms with van der Waals surface area (Å²) >= 11 is 1.79. The van der Waals surface area contributed by atoms with Gasteiger partial charge in [-0.15, -0.1) is 18.3 Å². The van der Waals surface area contributed by atoms with Crippen LogP contribution in [0, 0.1) is 0 Å². The summed E-state index contributed by atoms with van der Waals surface area (Å²) in [6.07, 6.45) is 1.96. The molecular weight excluding hydrogens is 240 g/mol. The van der Waals surface area contributed by atoms with Gasteiger partial charge in [-0.05, 0) is 29.8 Å². The zero-order chi connectivity index (χ0) is 12.8. The molecule has 2 heteroatoms. The summed E-state index contributed by atoms with van der Waals surface area (Å²) in [7, 11) is 1.69. The number of benzene rings is 2. The molecule has 0 aliphatic carbocycles. The molecule has 0 saturated heterocycles. The van der Waals surface area contributed by atoms with Crippen molar-refractivity contribution in [2.24, 2.45) is 0 Å². The van der Waals surface area contributed by atoms with E-state index < -0.39 is 0 Å². The minimum atomic E-state index is 0.238. The Morgan fingerprint density at radius 2 is 1.89 bits per heavy atom. The van der Waals surface area contributed by atoms with Crippen LogP contribution in [0.4, 0.5) is 0 Å². The molecule has 0 amide bonds. The summed E-state index contributed by atoms with van der Waals surface area (Å²) in [5, 5.41) is 0.238. The van der Waals surface area contributed by atoms with Crippen LogP contribution in [0.15, 0.2) is 72.1 Å². The Morgan fingerprint density at radius 1 is 1.11 bits per heavy atom. The molecule has 2 aromatic carbocycles. The second kappa shape index (κ2) is 6.31. The van der Waals surface area contributed by atoms with E-state index in [0.29, 0.717) is 0 Å². The third kappa shape index (κ3) is 3.17. The van der Waals surface area contributed by atoms with E-state index in [2.05, 4.69) is 30.8 Å². The zero-order valence-electron chi connectivity index (χ0n) is 10.4. The molecule has 0 radical (unpaired) electrons. The Kier molecular flexibility index (Phi) is 4.48. The molecule has 0 aliphatic rings. The number of thioether (sulfide) groups is 1. The standard InChI is InChI=1S/C16H16OS/c1-3-16(18-15-10-5-4-6-11-15)13-8-7-9-14(12-13)17-2/h3-12,16H,1H2,2H3/t16-/m0/s1. The fourth-order valence-electron chi connectivity index (χ4n) is 1.72. The van der Waals surface area contributed by atoms with Gasteiger partial charge in [-0.2, -0.15) is 0 Å². The molecule has 1 nitrogen and oxygen atoms in total. The van der Waals surface area contributed by atoms with Gasteiger partial charge >= 0.3 is 0 Å². The first kappa shape index (κ1) is 12.8. The largest absolute Gasteiger partial charge is 0.497 e. The maximum absolute atomic E-state index is 5.26. The van der Waals surface area contributed by atoms with E-state index in [0.717, 1.165) is 5.75 Å². The molecule has 2 aromatic rings. The molecular formula is C16H16OS. The second-order valence-corrected chi connectivity index (χ2v) is 5.08. The molecule has 0 aromatic heterocycles. The summed E-state index contributed by atoms with van der Waals surface area (Å²) in [5.41, 5.74) is 1.21. The lowest BCUT2D eigenvalue weighted by atomic mass is 10.1. The van der Waals surface area contributed by atoms with Gasteiger partial charge in [0.15, 0.2) is 0 Å². The van der Waals surface area contributed by atoms with Crippen molar-refractivity contribution in [1.29, 1.82) is 0 Å². The smallest absolute Gasteiger partial charge is 0.119 e. The van der Waals surface area contributed by atoms with Crippen molar-refractivity contribution in [3.8, 4) is 5.75 Å². The van der Waals surface area contributed by atoms with Crippen LogP contribution in [0.25, 0.3) is 0 Å². The lowest BCUT2D eigenvalue weighted by molar-refractivity contribution is 0.414. The Balaban J connectivity index is 2.20. The maximum atomic E-state index is 5.26. The third-order valence-corrected chi connectivity index (χ3v) is 3.91. The Morgan fingerprint density at radius 3 is 2.56 bits per heavy atom. The van der Waals surface area contributed by atoms with Gasteiger partial charge in [-0.3, -0.25) is 0 Å². The van der Waals surface area contributed by atoms with E-state index in [1.807, 2.05) is 36.4 Å². The third-order valence-electron chi connectivity index (χ3n) is 2.64. The van der Waals surface area contributed by atoms with Crippen molar-refractivity contribution in [3.05, 3.63) is 72.8 Å². The highest BCUT2D eigenvalue weighted by Gasteiger charge is 2.09. The van der Waals surface area contributed by atoms with Crippen molar-refractivity contribution in [2.75, 3.05) is 7.11 Å². The van der Waals surface area contributed by atoms with Gasteiger partial charge < -0.3 is 4.74 Å². The first-order chi connectivity index (χ1) is 8.83. The normalized spacial score (nSPS) is 11.8. The highest BCUT2D eigenvalue weighted by molar-refractivity contribution is 7.99. The highest BCUT2D eigenvalue weighted by atomic mass is 32.2. The molecule has 2 rings (SSSR count). The van der Waals surface area contributed by atoms with Crippen LogP contribution in [-0.2, 0) is 0 Å². The predicted octanol–water partition coefficient (Wildman–Crippen LogP) is 4.71. The zero-order valence-corrected chi connectivity index (χ0v) is 11.2. The summed E-state index contributed by atoms with van der Waals surface area (Å²) in [6, 6.07) is 18.5. The van der Waals surface area contributed by atoms with Gasteiger partial charge in [0.25, 0.3) is 0 Å². The summed E-state index contributed by atoms with van der Waals surface area (Å²) < 4.78 is 5.26. The first-order valence-electron chi connectivity index (χ1n) is 5.81. The molecule has 0 spiro atoms. The maximum Gasteiger partial charge on any atom is 0.119 e. The SMILES string of the molecule is C=C[C@H](Sc1ccccc1)c1cccc(OC)c1. The highest BCUT2D eigenvalue weighted by Crippen LogP contribution is 2.36. The van der Waals surface area contributed by atoms with Crippen LogP contribution in [-0.4, -0.2) is 7.11 Å². The van der Waals surface area contributed by atoms with Gasteiger partial charge in [0, 0.05) is 4.90 Å². The molecule has 0 aliphatic heterocycles. The fraction of sp³-hybridized carbons (Fsp3) is 0.125. The van der Waals surface area contributed by atoms with E-state index in [-0.39, 0.29) is 5.25 Å². The molecule has 1 atom stereocenters. The minimum Gasteiger partial charge on any atom is -0.497 e. The number of hydrogen-bond donors (Lipinski definition) is 0. The lowest BCUT2D eigenvalue weighted by Crippen LogP contribution is -1.91. The molecule has 0 bridgehead atoms. The van der Waals surface area contributed by atoms with Crippen molar-refractivity contribution < 1.29 is 4.74 Å². The fourth-order valence-corrected chi connectivity index (χ4v) is 2.70. The van der Waals surface area contributed by atoms with Crippen LogP contribution >= 0.6 is 11.8 Å². The van der Waals surface area contributed by atoms with Gasteiger partial charge in [-0.1, -0.05) is 36.4 Å². The van der Waals surface area contributed by atoms with Crippen LogP contribution in [0.3, 0.4) is 0 Å². The lowest BCUT2D eigenvalue weighted by Gasteiger charge is -2.13. The number of rotatable bonds is 5. The Labute approximate surface area is 112 Å². The molecule has 0 saturated carbocycles. The number of methoxy groups -OCH3 is 1. The predicted molar refractivity (Wildman–Crippen MR) is 78.2 cm³/mol. The summed E-state index contributed by atoms with van der Waals surface area (Å²) in [4.78, 5) is 1.24. The van der Waals surface area contributed by atoms with Crippen LogP contribution in [0.1, 0.15) is 10.8 Å². The second-order valence-electron chi connectivity index (χ2n) is 3.86. The van der Waals surface area contributed by atoms with Crippen LogP contribution < -0.4 is 4.74 Å². The van der Waals surface area contributed by atoms with Crippen LogP contribution in [0.2, 0.25) is 0 Å². The van der Waals surface area contributed by atoms with Crippen LogP contribution in [0.5, 0.6) is 5.75 Å². The van der Waals surface area contributed by atoms with E-state index in [1.165, 1.54) is 10.5 Å². The van der Waals surface area contributed by atoms with E-state index in [1.54, 1.807) is 18.9 Å². The number of hydrogen-bond acceptors (Lipinski definition) is 2. The summed E-state index contributed by atoms with van der Waals surface area (Å²) in [5.74, 6) is 0.882. The minimum absolute atomic E-state index is 0.238. The first-order valence-corrected chi connectivity index (χ1v) is 6.69. The van der Waals surface area contributed by atoms with Gasteiger partial charge in [0.1, 0.15) is 5.75 Å². The van der Waals surface area contributed by atoms with Gasteiger partial charge in [0.05, 0.1) is 12.4 Å². The molecule has 92 valence electrons. The van der Waals surface area contributed by atoms with Crippen molar-refractivity contribution in [1.82, 2.24) is 0 Å². The molecule has 0 unspecified atom stereocenters. The molecule has 0 fully saturated rings. The monoisotopic (exact) mass is 256 g/mol. The summed E-state index contributed by atoms with van der Waals surface area (Å²) in [6.45, 7) is 3.93. The van der Waals surface area contributed by atoms with Gasteiger partial charge in [0.2, 0.25) is 0 Å². The van der Waals surface area contributed by atoms with Crippen molar-refractivity contribution in [3.63, 3.8) is 0 Å². The quantitative estimate of drug-likeness (QED) is 0.565. The Hall–Kier alpha value is -1.67. The molecule has 0 heterocycles. The average Bonchev–Trinajstić information content (AvgIpc) is 2.46. The van der Waals surface area contributed by atoms with Crippen molar-refractivity contribution >= 4 is 11.8 Å². The van der Waals surface area contributed by atoms with Crippen molar-refractivity contribution in [2.45, 2.75) is 10.1 Å². The topological polar surface area (TPSA) is 9.23 Å². The van der Waals surface area contributed by atoms with E-state index in [4.69, 9.17) is 4.74 Å². The number of ether oxygens (including phenoxy) is 1. The van der Waals surface area contributed by atoms with Gasteiger partial charge in [-0.25, -0.2) is 0 Å². The van der Waals surface area contributed by atoms with E-state index >= 15 is 0 Å². The Bertz CT molecular complexity index is 508. The van der Waals surface area contributed by atoms with E-state index in [9.17, 15) is 0 Å².